The molecule has 0 saturated heterocycles. The summed E-state index contributed by atoms with van der Waals surface area (Å²) in [4.78, 5) is 0. The van der Waals surface area contributed by atoms with Crippen LogP contribution in [0.5, 0.6) is 5.75 Å². The van der Waals surface area contributed by atoms with Gasteiger partial charge in [-0.05, 0) is 22.0 Å². The van der Waals surface area contributed by atoms with Gasteiger partial charge >= 0.3 is 0 Å². The first-order chi connectivity index (χ1) is 8.64. The smallest absolute Gasteiger partial charge is 0.123 e. The summed E-state index contributed by atoms with van der Waals surface area (Å²) in [5.74, 6) is 0.456. The minimum Gasteiger partial charge on any atom is -0.507 e. The van der Waals surface area contributed by atoms with E-state index in [-0.39, 0.29) is 10.8 Å². The van der Waals surface area contributed by atoms with Gasteiger partial charge in [-0.15, -0.1) is 0 Å². The molecule has 0 atom stereocenters. The summed E-state index contributed by atoms with van der Waals surface area (Å²) >= 11 is 0. The van der Waals surface area contributed by atoms with Gasteiger partial charge in [-0.3, -0.25) is 0 Å². The van der Waals surface area contributed by atoms with E-state index in [9.17, 15) is 5.11 Å². The highest BCUT2D eigenvalue weighted by Crippen LogP contribution is 2.38. The molecule has 0 amide bonds. The predicted molar refractivity (Wildman–Crippen MR) is 89.5 cm³/mol. The Morgan fingerprint density at radius 2 is 1.00 bits per heavy atom. The largest absolute Gasteiger partial charge is 0.507 e. The van der Waals surface area contributed by atoms with Crippen LogP contribution in [0.25, 0.3) is 0 Å². The molecule has 1 aromatic rings. The third-order valence-electron chi connectivity index (χ3n) is 2.65. The number of phenols is 1. The summed E-state index contributed by atoms with van der Waals surface area (Å²) < 4.78 is 1.00. The molecule has 0 aliphatic heterocycles. The van der Waals surface area contributed by atoms with Crippen molar-refractivity contribution in [3.63, 3.8) is 0 Å². The molecule has 0 unspecified atom stereocenters. The number of benzene rings is 1. The van der Waals surface area contributed by atoms with Crippen LogP contribution in [0.15, 0.2) is 18.2 Å². The molecule has 1 aromatic carbocycles. The Bertz CT molecular complexity index is 390. The molecule has 20 heavy (non-hydrogen) atoms. The number of rotatable bonds is 0. The molecule has 1 N–H and O–H groups in total. The standard InChI is InChI=1S/C14H22O.C4H12N/c1-13(2,3)10-8-7-9-11(12(10)15)14(4,5)6;1-5(2,3)4/h7-9,15H,1-6H3;1-4H3/q;+1. The zero-order chi connectivity index (χ0) is 16.4. The van der Waals surface area contributed by atoms with Crippen LogP contribution in [0.4, 0.5) is 0 Å². The van der Waals surface area contributed by atoms with E-state index in [1.807, 2.05) is 18.2 Å². The van der Waals surface area contributed by atoms with Gasteiger partial charge in [0.15, 0.2) is 0 Å². The van der Waals surface area contributed by atoms with Crippen molar-refractivity contribution in [2.45, 2.75) is 52.4 Å². The van der Waals surface area contributed by atoms with E-state index in [1.54, 1.807) is 0 Å². The zero-order valence-corrected chi connectivity index (χ0v) is 15.1. The summed E-state index contributed by atoms with van der Waals surface area (Å²) in [6.07, 6.45) is 0. The fourth-order valence-corrected chi connectivity index (χ4v) is 1.75. The molecule has 0 aromatic heterocycles. The molecule has 0 fully saturated rings. The molecule has 116 valence electrons. The maximum Gasteiger partial charge on any atom is 0.123 e. The van der Waals surface area contributed by atoms with Gasteiger partial charge in [0, 0.05) is 0 Å². The molecular formula is C18H34NO+. The van der Waals surface area contributed by atoms with Gasteiger partial charge in [0.2, 0.25) is 0 Å². The second-order valence-corrected chi connectivity index (χ2v) is 8.89. The fraction of sp³-hybridized carbons (Fsp3) is 0.667. The first-order valence-corrected chi connectivity index (χ1v) is 7.26. The highest BCUT2D eigenvalue weighted by atomic mass is 16.3. The van der Waals surface area contributed by atoms with Crippen LogP contribution in [-0.4, -0.2) is 37.8 Å². The lowest BCUT2D eigenvalue weighted by Crippen LogP contribution is -2.27. The van der Waals surface area contributed by atoms with E-state index in [4.69, 9.17) is 0 Å². The van der Waals surface area contributed by atoms with Gasteiger partial charge in [0.25, 0.3) is 0 Å². The lowest BCUT2D eigenvalue weighted by atomic mass is 9.80. The number of para-hydroxylation sites is 1. The van der Waals surface area contributed by atoms with Gasteiger partial charge in [0.05, 0.1) is 28.2 Å². The Morgan fingerprint density at radius 1 is 0.750 bits per heavy atom. The van der Waals surface area contributed by atoms with Gasteiger partial charge in [-0.25, -0.2) is 0 Å². The van der Waals surface area contributed by atoms with E-state index in [2.05, 4.69) is 69.7 Å². The van der Waals surface area contributed by atoms with Crippen molar-refractivity contribution >= 4 is 0 Å². The molecule has 1 rings (SSSR count). The normalized spacial score (nSPS) is 12.7. The molecule has 0 heterocycles. The van der Waals surface area contributed by atoms with Gasteiger partial charge in [0.1, 0.15) is 5.75 Å². The van der Waals surface area contributed by atoms with Gasteiger partial charge in [-0.2, -0.15) is 0 Å². The third-order valence-corrected chi connectivity index (χ3v) is 2.65. The second kappa shape index (κ2) is 6.17. The van der Waals surface area contributed by atoms with E-state index in [1.165, 1.54) is 0 Å². The first-order valence-electron chi connectivity index (χ1n) is 7.26. The average Bonchev–Trinajstić information content (AvgIpc) is 2.11. The van der Waals surface area contributed by atoms with E-state index >= 15 is 0 Å². The number of phenolic OH excluding ortho intramolecular Hbond substituents is 1. The van der Waals surface area contributed by atoms with Crippen molar-refractivity contribution in [1.82, 2.24) is 0 Å². The molecule has 0 bridgehead atoms. The molecular weight excluding hydrogens is 246 g/mol. The minimum absolute atomic E-state index is 0.00859. The maximum absolute atomic E-state index is 10.3. The topological polar surface area (TPSA) is 20.2 Å². The van der Waals surface area contributed by atoms with Crippen LogP contribution in [0.1, 0.15) is 52.7 Å². The average molecular weight is 280 g/mol. The Hall–Kier alpha value is -1.02. The summed E-state index contributed by atoms with van der Waals surface area (Å²) in [5, 5.41) is 10.3. The third kappa shape index (κ3) is 6.95. The van der Waals surface area contributed by atoms with Crippen molar-refractivity contribution in [2.75, 3.05) is 28.2 Å². The minimum atomic E-state index is -0.00859. The lowest BCUT2D eigenvalue weighted by Gasteiger charge is -2.26. The van der Waals surface area contributed by atoms with Crippen LogP contribution in [-0.2, 0) is 10.8 Å². The zero-order valence-electron chi connectivity index (χ0n) is 15.1. The summed E-state index contributed by atoms with van der Waals surface area (Å²) in [6.45, 7) is 12.7. The maximum atomic E-state index is 10.3. The Labute approximate surface area is 126 Å². The molecule has 0 radical (unpaired) electrons. The SMILES string of the molecule is CC(C)(C)c1cccc(C(C)(C)C)c1O.C[N+](C)(C)C. The first kappa shape index (κ1) is 19.0. The van der Waals surface area contributed by atoms with Crippen molar-refractivity contribution in [2.24, 2.45) is 0 Å². The molecule has 2 heteroatoms. The van der Waals surface area contributed by atoms with Crippen molar-refractivity contribution in [3.05, 3.63) is 29.3 Å². The van der Waals surface area contributed by atoms with Crippen molar-refractivity contribution < 1.29 is 9.59 Å². The van der Waals surface area contributed by atoms with Gasteiger partial charge < -0.3 is 9.59 Å². The summed E-state index contributed by atoms with van der Waals surface area (Å²) in [6, 6.07) is 6.04. The summed E-state index contributed by atoms with van der Waals surface area (Å²) in [7, 11) is 8.50. The van der Waals surface area contributed by atoms with E-state index in [0.717, 1.165) is 15.6 Å². The Balaban J connectivity index is 0.000000621. The van der Waals surface area contributed by atoms with Crippen LogP contribution in [0.2, 0.25) is 0 Å². The van der Waals surface area contributed by atoms with Crippen LogP contribution >= 0.6 is 0 Å². The second-order valence-electron chi connectivity index (χ2n) is 8.89. The lowest BCUT2D eigenvalue weighted by molar-refractivity contribution is -0.849. The number of nitrogens with zero attached hydrogens (tertiary/aromatic N) is 1. The monoisotopic (exact) mass is 280 g/mol. The summed E-state index contributed by atoms with van der Waals surface area (Å²) in [5.41, 5.74) is 2.03. The molecule has 0 aliphatic rings. The van der Waals surface area contributed by atoms with Crippen molar-refractivity contribution in [3.8, 4) is 5.75 Å². The molecule has 0 saturated carbocycles. The highest BCUT2D eigenvalue weighted by molar-refractivity contribution is 5.46. The predicted octanol–water partition coefficient (Wildman–Crippen LogP) is 4.31. The number of hydrogen-bond acceptors (Lipinski definition) is 1. The molecule has 0 spiro atoms. The highest BCUT2D eigenvalue weighted by Gasteiger charge is 2.24. The molecule has 0 aliphatic carbocycles. The number of aromatic hydroxyl groups is 1. The quantitative estimate of drug-likeness (QED) is 0.702. The van der Waals surface area contributed by atoms with Crippen LogP contribution in [0, 0.1) is 0 Å². The van der Waals surface area contributed by atoms with Crippen molar-refractivity contribution in [1.29, 1.82) is 0 Å². The van der Waals surface area contributed by atoms with Gasteiger partial charge in [-0.1, -0.05) is 59.7 Å². The fourth-order valence-electron chi connectivity index (χ4n) is 1.75. The van der Waals surface area contributed by atoms with Crippen LogP contribution < -0.4 is 0 Å². The van der Waals surface area contributed by atoms with E-state index in [0.29, 0.717) is 5.75 Å². The Kier molecular flexibility index (Phi) is 5.86. The van der Waals surface area contributed by atoms with Crippen LogP contribution in [0.3, 0.4) is 0 Å². The number of quaternary nitrogens is 1. The Morgan fingerprint density at radius 3 is 1.20 bits per heavy atom. The van der Waals surface area contributed by atoms with E-state index < -0.39 is 0 Å². The molecule has 2 nitrogen and oxygen atoms in total. The number of hydrogen-bond donors (Lipinski definition) is 1.